The molecule has 4 aromatic rings. The Morgan fingerprint density at radius 2 is 1.70 bits per heavy atom. The number of carboxylic acid groups (broad SMARTS) is 1. The van der Waals surface area contributed by atoms with Gasteiger partial charge in [0.15, 0.2) is 0 Å². The van der Waals surface area contributed by atoms with E-state index in [9.17, 15) is 14.7 Å². The molecule has 1 saturated heterocycles. The molecule has 2 aromatic heterocycles. The maximum absolute atomic E-state index is 11.6. The molecule has 0 unspecified atom stereocenters. The normalized spacial score (nSPS) is 20.0. The van der Waals surface area contributed by atoms with E-state index in [2.05, 4.69) is 27.3 Å². The summed E-state index contributed by atoms with van der Waals surface area (Å²) in [6.45, 7) is 3.15. The molecular formula is C41H44Cl2N4O6. The Balaban J connectivity index is 1.08. The molecule has 7 rings (SSSR count). The van der Waals surface area contributed by atoms with Gasteiger partial charge in [-0.25, -0.2) is 4.98 Å². The third kappa shape index (κ3) is 8.16. The van der Waals surface area contributed by atoms with Crippen molar-refractivity contribution < 1.29 is 28.9 Å². The van der Waals surface area contributed by atoms with Gasteiger partial charge in [-0.2, -0.15) is 4.98 Å². The molecule has 2 fully saturated rings. The van der Waals surface area contributed by atoms with Crippen LogP contribution in [0, 0.1) is 11.8 Å². The number of halogens is 2. The van der Waals surface area contributed by atoms with Crippen LogP contribution in [-0.4, -0.2) is 65.6 Å². The highest BCUT2D eigenvalue weighted by Gasteiger charge is 2.30. The molecule has 0 spiro atoms. The minimum atomic E-state index is -0.765. The second kappa shape index (κ2) is 16.4. The molecule has 2 N–H and O–H groups in total. The average molecular weight is 760 g/mol. The number of aliphatic carboxylic acids is 1. The number of pyridine rings is 2. The summed E-state index contributed by atoms with van der Waals surface area (Å²) in [5, 5.41) is 14.0. The van der Waals surface area contributed by atoms with Crippen molar-refractivity contribution in [2.45, 2.75) is 64.1 Å². The number of carboxylic acids is 1. The fourth-order valence-corrected chi connectivity index (χ4v) is 8.52. The number of carbonyl (C=O) groups is 2. The van der Waals surface area contributed by atoms with Gasteiger partial charge in [-0.15, -0.1) is 0 Å². The number of ether oxygens (including phenoxy) is 3. The molecule has 2 aromatic carbocycles. The first kappa shape index (κ1) is 37.1. The standard InChI is InChI=1S/C41H44Cl2N4O6/c1-51-38-25(21-44-20-24-11-13-28(48)18-24)12-15-35(45-38)33-10-4-9-32(37(33)43)29-7-3-8-31-30(29)14-16-36(31)53-40-34(42)19-27(39(46-40)52-2)23-47-17-5-6-26(22-47)41(49)50/h3-4,7-10,12,15,19,24,26,36,44H,5-6,11,13-14,16-18,20-23H2,1-2H3,(H,49,50)/t24-,26+,36+/m1/s1. The van der Waals surface area contributed by atoms with E-state index in [0.29, 0.717) is 84.0 Å². The third-order valence-corrected chi connectivity index (χ3v) is 11.4. The number of Topliss-reactive ketones (excluding diaryl/α,β-unsaturated/α-hetero) is 1. The molecule has 2 aliphatic carbocycles. The van der Waals surface area contributed by atoms with E-state index in [0.717, 1.165) is 77.7 Å². The molecule has 3 heterocycles. The van der Waals surface area contributed by atoms with E-state index < -0.39 is 5.97 Å². The highest BCUT2D eigenvalue weighted by molar-refractivity contribution is 6.36. The van der Waals surface area contributed by atoms with Gasteiger partial charge in [-0.05, 0) is 79.9 Å². The molecule has 0 radical (unpaired) electrons. The van der Waals surface area contributed by atoms with Crippen LogP contribution in [0.5, 0.6) is 17.6 Å². The first-order valence-electron chi connectivity index (χ1n) is 18.2. The van der Waals surface area contributed by atoms with Crippen LogP contribution in [0.25, 0.3) is 22.4 Å². The zero-order valence-corrected chi connectivity index (χ0v) is 31.5. The summed E-state index contributed by atoms with van der Waals surface area (Å²) in [4.78, 5) is 34.9. The average Bonchev–Trinajstić information content (AvgIpc) is 3.78. The van der Waals surface area contributed by atoms with Crippen LogP contribution in [0.15, 0.2) is 54.6 Å². The minimum absolute atomic E-state index is 0.271. The van der Waals surface area contributed by atoms with Crippen LogP contribution < -0.4 is 19.5 Å². The summed E-state index contributed by atoms with van der Waals surface area (Å²) in [7, 11) is 3.19. The van der Waals surface area contributed by atoms with Gasteiger partial charge in [0.25, 0.3) is 0 Å². The van der Waals surface area contributed by atoms with Crippen molar-refractivity contribution in [1.29, 1.82) is 0 Å². The Morgan fingerprint density at radius 1 is 0.925 bits per heavy atom. The molecule has 53 heavy (non-hydrogen) atoms. The Morgan fingerprint density at radius 3 is 2.47 bits per heavy atom. The zero-order valence-electron chi connectivity index (χ0n) is 30.0. The van der Waals surface area contributed by atoms with Crippen molar-refractivity contribution in [3.8, 4) is 40.0 Å². The highest BCUT2D eigenvalue weighted by Crippen LogP contribution is 2.45. The van der Waals surface area contributed by atoms with Crippen LogP contribution in [0.1, 0.15) is 66.9 Å². The van der Waals surface area contributed by atoms with Gasteiger partial charge in [0.1, 0.15) is 16.9 Å². The quantitative estimate of drug-likeness (QED) is 0.139. The van der Waals surface area contributed by atoms with Crippen LogP contribution in [-0.2, 0) is 29.1 Å². The summed E-state index contributed by atoms with van der Waals surface area (Å²) in [5.74, 6) is 0.835. The number of carbonyl (C=O) groups excluding carboxylic acids is 1. The number of ketones is 1. The summed E-state index contributed by atoms with van der Waals surface area (Å²) >= 11 is 14.0. The first-order chi connectivity index (χ1) is 25.7. The van der Waals surface area contributed by atoms with E-state index in [1.54, 1.807) is 14.2 Å². The molecule has 0 amide bonds. The number of methoxy groups -OCH3 is 2. The van der Waals surface area contributed by atoms with Crippen molar-refractivity contribution in [3.05, 3.63) is 86.9 Å². The van der Waals surface area contributed by atoms with Gasteiger partial charge in [0, 0.05) is 54.7 Å². The summed E-state index contributed by atoms with van der Waals surface area (Å²) < 4.78 is 17.8. The molecule has 278 valence electrons. The summed E-state index contributed by atoms with van der Waals surface area (Å²) in [6.07, 6.45) is 5.04. The third-order valence-electron chi connectivity index (χ3n) is 10.7. The van der Waals surface area contributed by atoms with E-state index in [1.165, 1.54) is 0 Å². The number of hydrogen-bond donors (Lipinski definition) is 2. The summed E-state index contributed by atoms with van der Waals surface area (Å²) in [5.41, 5.74) is 7.40. The number of likely N-dealkylation sites (tertiary alicyclic amines) is 1. The second-order valence-electron chi connectivity index (χ2n) is 14.2. The SMILES string of the molecule is COc1nc(-c2cccc(-c3cccc4c3CC[C@@H]4Oc3nc(OC)c(CN4CCC[C@H](C(=O)O)C4)cc3Cl)c2Cl)ccc1CNC[C@@H]1CCC(=O)C1. The number of aromatic nitrogens is 2. The second-order valence-corrected chi connectivity index (χ2v) is 15.0. The van der Waals surface area contributed by atoms with Crippen molar-refractivity contribution in [3.63, 3.8) is 0 Å². The van der Waals surface area contributed by atoms with Crippen LogP contribution in [0.2, 0.25) is 10.0 Å². The topological polar surface area (TPSA) is 123 Å². The van der Waals surface area contributed by atoms with E-state index in [1.807, 2.05) is 42.5 Å². The molecule has 10 nitrogen and oxygen atoms in total. The lowest BCUT2D eigenvalue weighted by molar-refractivity contribution is -0.143. The number of benzene rings is 2. The van der Waals surface area contributed by atoms with E-state index >= 15 is 0 Å². The molecule has 3 aliphatic rings. The Hall–Kier alpha value is -4.22. The maximum Gasteiger partial charge on any atom is 0.307 e. The van der Waals surface area contributed by atoms with Gasteiger partial charge in [0.05, 0.1) is 30.9 Å². The van der Waals surface area contributed by atoms with Gasteiger partial charge >= 0.3 is 5.97 Å². The summed E-state index contributed by atoms with van der Waals surface area (Å²) in [6, 6.07) is 18.0. The van der Waals surface area contributed by atoms with E-state index in [4.69, 9.17) is 42.4 Å². The van der Waals surface area contributed by atoms with E-state index in [-0.39, 0.29) is 12.0 Å². The molecule has 12 heteroatoms. The fraction of sp³-hybridized carbons (Fsp3) is 0.415. The first-order valence-corrected chi connectivity index (χ1v) is 19.0. The van der Waals surface area contributed by atoms with Gasteiger partial charge in [-0.3, -0.25) is 14.5 Å². The number of piperidine rings is 1. The van der Waals surface area contributed by atoms with Gasteiger partial charge in [-0.1, -0.05) is 65.7 Å². The predicted molar refractivity (Wildman–Crippen MR) is 204 cm³/mol. The zero-order chi connectivity index (χ0) is 37.1. The monoisotopic (exact) mass is 758 g/mol. The van der Waals surface area contributed by atoms with Crippen molar-refractivity contribution in [2.24, 2.45) is 11.8 Å². The van der Waals surface area contributed by atoms with Gasteiger partial charge < -0.3 is 24.6 Å². The molecule has 1 aliphatic heterocycles. The van der Waals surface area contributed by atoms with Crippen molar-refractivity contribution in [1.82, 2.24) is 20.2 Å². The lowest BCUT2D eigenvalue weighted by atomic mass is 9.94. The fourth-order valence-electron chi connectivity index (χ4n) is 7.98. The number of hydrogen-bond acceptors (Lipinski definition) is 9. The molecule has 0 bridgehead atoms. The Labute approximate surface area is 319 Å². The number of rotatable bonds is 13. The van der Waals surface area contributed by atoms with Crippen molar-refractivity contribution in [2.75, 3.05) is 33.9 Å². The lowest BCUT2D eigenvalue weighted by Gasteiger charge is -2.30. The number of nitrogens with one attached hydrogen (secondary N) is 1. The number of fused-ring (bicyclic) bond motifs is 1. The van der Waals surface area contributed by atoms with Crippen LogP contribution in [0.3, 0.4) is 0 Å². The Kier molecular flexibility index (Phi) is 11.5. The molecule has 3 atom stereocenters. The largest absolute Gasteiger partial charge is 0.481 e. The molecular weight excluding hydrogens is 715 g/mol. The lowest BCUT2D eigenvalue weighted by Crippen LogP contribution is -2.38. The predicted octanol–water partition coefficient (Wildman–Crippen LogP) is 7.96. The van der Waals surface area contributed by atoms with Crippen molar-refractivity contribution >= 4 is 35.0 Å². The number of nitrogens with zero attached hydrogens (tertiary/aromatic N) is 3. The maximum atomic E-state index is 11.6. The highest BCUT2D eigenvalue weighted by atomic mass is 35.5. The minimum Gasteiger partial charge on any atom is -0.481 e. The van der Waals surface area contributed by atoms with Crippen LogP contribution in [0.4, 0.5) is 0 Å². The van der Waals surface area contributed by atoms with Gasteiger partial charge in [0.2, 0.25) is 17.6 Å². The Bertz CT molecular complexity index is 2010. The van der Waals surface area contributed by atoms with Crippen LogP contribution >= 0.6 is 23.2 Å². The smallest absolute Gasteiger partial charge is 0.307 e. The molecule has 1 saturated carbocycles.